The summed E-state index contributed by atoms with van der Waals surface area (Å²) in [5.74, 6) is 0.933. The number of nitrogens with zero attached hydrogens (tertiary/aromatic N) is 1. The van der Waals surface area contributed by atoms with Gasteiger partial charge in [0.05, 0.1) is 19.3 Å². The number of rotatable bonds is 6. The molecule has 0 saturated carbocycles. The minimum atomic E-state index is -0.235. The normalized spacial score (nSPS) is 12.7. The van der Waals surface area contributed by atoms with Crippen molar-refractivity contribution >= 4 is 17.5 Å². The van der Waals surface area contributed by atoms with Gasteiger partial charge in [-0.2, -0.15) is 0 Å². The van der Waals surface area contributed by atoms with Crippen LogP contribution in [-0.4, -0.2) is 25.5 Å². The molecule has 4 rings (SSSR count). The SMILES string of the molecule is COc1ccccc1CNC(=O)c1ccc2c(c1)N(Cc1ccccc1)C(=O)CO2. The number of methoxy groups -OCH3 is 1. The zero-order valence-corrected chi connectivity index (χ0v) is 16.6. The zero-order valence-electron chi connectivity index (χ0n) is 16.6. The summed E-state index contributed by atoms with van der Waals surface area (Å²) in [4.78, 5) is 26.9. The third-order valence-electron chi connectivity index (χ3n) is 4.98. The lowest BCUT2D eigenvalue weighted by Gasteiger charge is -2.29. The molecule has 6 heteroatoms. The molecule has 3 aromatic rings. The maximum absolute atomic E-state index is 12.8. The standard InChI is InChI=1S/C24H22N2O4/c1-29-21-10-6-5-9-19(21)14-25-24(28)18-11-12-22-20(13-18)26(23(27)16-30-22)15-17-7-3-2-4-8-17/h2-13H,14-16H2,1H3,(H,25,28). The first-order valence-corrected chi connectivity index (χ1v) is 9.67. The Hall–Kier alpha value is -3.80. The Morgan fingerprint density at radius 3 is 2.63 bits per heavy atom. The molecule has 0 spiro atoms. The molecule has 1 N–H and O–H groups in total. The number of carbonyl (C=O) groups excluding carboxylic acids is 2. The van der Waals surface area contributed by atoms with Gasteiger partial charge in [0.25, 0.3) is 11.8 Å². The Bertz CT molecular complexity index is 1070. The maximum Gasteiger partial charge on any atom is 0.265 e. The highest BCUT2D eigenvalue weighted by atomic mass is 16.5. The largest absolute Gasteiger partial charge is 0.496 e. The van der Waals surface area contributed by atoms with E-state index in [1.54, 1.807) is 30.2 Å². The third-order valence-corrected chi connectivity index (χ3v) is 4.98. The van der Waals surface area contributed by atoms with Crippen molar-refractivity contribution in [1.29, 1.82) is 0 Å². The van der Waals surface area contributed by atoms with Crippen LogP contribution in [0.25, 0.3) is 0 Å². The number of anilines is 1. The summed E-state index contributed by atoms with van der Waals surface area (Å²) >= 11 is 0. The molecule has 0 aliphatic carbocycles. The minimum Gasteiger partial charge on any atom is -0.496 e. The second-order valence-electron chi connectivity index (χ2n) is 6.93. The van der Waals surface area contributed by atoms with E-state index in [2.05, 4.69) is 5.32 Å². The van der Waals surface area contributed by atoms with E-state index in [0.29, 0.717) is 30.1 Å². The van der Waals surface area contributed by atoms with Gasteiger partial charge in [0.1, 0.15) is 11.5 Å². The summed E-state index contributed by atoms with van der Waals surface area (Å²) in [6, 6.07) is 22.4. The van der Waals surface area contributed by atoms with E-state index in [0.717, 1.165) is 16.9 Å². The van der Waals surface area contributed by atoms with Crippen LogP contribution >= 0.6 is 0 Å². The highest BCUT2D eigenvalue weighted by Crippen LogP contribution is 2.34. The smallest absolute Gasteiger partial charge is 0.265 e. The van der Waals surface area contributed by atoms with Gasteiger partial charge >= 0.3 is 0 Å². The van der Waals surface area contributed by atoms with Gasteiger partial charge in [-0.3, -0.25) is 9.59 Å². The van der Waals surface area contributed by atoms with Crippen LogP contribution in [0.3, 0.4) is 0 Å². The number of fused-ring (bicyclic) bond motifs is 1. The molecule has 0 atom stereocenters. The highest BCUT2D eigenvalue weighted by molar-refractivity contribution is 6.01. The molecule has 0 bridgehead atoms. The van der Waals surface area contributed by atoms with E-state index in [-0.39, 0.29) is 18.4 Å². The fourth-order valence-electron chi connectivity index (χ4n) is 3.41. The number of amides is 2. The van der Waals surface area contributed by atoms with Crippen LogP contribution in [0.15, 0.2) is 72.8 Å². The van der Waals surface area contributed by atoms with E-state index in [1.165, 1.54) is 0 Å². The van der Waals surface area contributed by atoms with Gasteiger partial charge in [0.15, 0.2) is 6.61 Å². The topological polar surface area (TPSA) is 67.9 Å². The number of hydrogen-bond acceptors (Lipinski definition) is 4. The summed E-state index contributed by atoms with van der Waals surface area (Å²) in [6.45, 7) is 0.741. The Kier molecular flexibility index (Phi) is 5.66. The summed E-state index contributed by atoms with van der Waals surface area (Å²) in [5.41, 5.74) is 2.94. The second-order valence-corrected chi connectivity index (χ2v) is 6.93. The van der Waals surface area contributed by atoms with Crippen molar-refractivity contribution in [2.24, 2.45) is 0 Å². The number of ether oxygens (including phenoxy) is 2. The predicted octanol–water partition coefficient (Wildman–Crippen LogP) is 3.55. The second kappa shape index (κ2) is 8.69. The Labute approximate surface area is 175 Å². The average molecular weight is 402 g/mol. The third kappa shape index (κ3) is 4.12. The maximum atomic E-state index is 12.8. The molecule has 0 fully saturated rings. The summed E-state index contributed by atoms with van der Waals surface area (Å²) < 4.78 is 10.9. The molecule has 0 aromatic heterocycles. The van der Waals surface area contributed by atoms with Crippen molar-refractivity contribution < 1.29 is 19.1 Å². The van der Waals surface area contributed by atoms with Gasteiger partial charge in [-0.05, 0) is 29.8 Å². The lowest BCUT2D eigenvalue weighted by molar-refractivity contribution is -0.121. The first-order valence-electron chi connectivity index (χ1n) is 9.67. The first kappa shape index (κ1) is 19.5. The van der Waals surface area contributed by atoms with Crippen molar-refractivity contribution in [3.63, 3.8) is 0 Å². The van der Waals surface area contributed by atoms with Crippen LogP contribution in [0.4, 0.5) is 5.69 Å². The Morgan fingerprint density at radius 2 is 1.83 bits per heavy atom. The number of carbonyl (C=O) groups is 2. The van der Waals surface area contributed by atoms with E-state index in [4.69, 9.17) is 9.47 Å². The number of para-hydroxylation sites is 1. The summed E-state index contributed by atoms with van der Waals surface area (Å²) in [5, 5.41) is 2.91. The van der Waals surface area contributed by atoms with Crippen LogP contribution in [0.5, 0.6) is 11.5 Å². The van der Waals surface area contributed by atoms with E-state index in [1.807, 2.05) is 54.6 Å². The fraction of sp³-hybridized carbons (Fsp3) is 0.167. The van der Waals surface area contributed by atoms with Crippen LogP contribution < -0.4 is 19.7 Å². The highest BCUT2D eigenvalue weighted by Gasteiger charge is 2.26. The van der Waals surface area contributed by atoms with Gasteiger partial charge in [0.2, 0.25) is 0 Å². The summed E-state index contributed by atoms with van der Waals surface area (Å²) in [7, 11) is 1.60. The van der Waals surface area contributed by atoms with Gasteiger partial charge in [0, 0.05) is 17.7 Å². The van der Waals surface area contributed by atoms with Crippen molar-refractivity contribution in [2.75, 3.05) is 18.6 Å². The Balaban J connectivity index is 1.54. The van der Waals surface area contributed by atoms with Crippen LogP contribution in [-0.2, 0) is 17.9 Å². The van der Waals surface area contributed by atoms with Crippen molar-refractivity contribution in [3.8, 4) is 11.5 Å². The van der Waals surface area contributed by atoms with Crippen LogP contribution in [0.1, 0.15) is 21.5 Å². The molecule has 1 aliphatic heterocycles. The molecule has 152 valence electrons. The molecule has 3 aromatic carbocycles. The predicted molar refractivity (Wildman–Crippen MR) is 114 cm³/mol. The zero-order chi connectivity index (χ0) is 20.9. The van der Waals surface area contributed by atoms with Crippen molar-refractivity contribution in [3.05, 3.63) is 89.5 Å². The van der Waals surface area contributed by atoms with Gasteiger partial charge < -0.3 is 19.7 Å². The minimum absolute atomic E-state index is 0.0147. The lowest BCUT2D eigenvalue weighted by Crippen LogP contribution is -2.38. The Morgan fingerprint density at radius 1 is 1.07 bits per heavy atom. The van der Waals surface area contributed by atoms with E-state index >= 15 is 0 Å². The number of benzene rings is 3. The van der Waals surface area contributed by atoms with Crippen molar-refractivity contribution in [1.82, 2.24) is 5.32 Å². The van der Waals surface area contributed by atoms with Crippen molar-refractivity contribution in [2.45, 2.75) is 13.1 Å². The van der Waals surface area contributed by atoms with Gasteiger partial charge in [-0.1, -0.05) is 48.5 Å². The quantitative estimate of drug-likeness (QED) is 0.685. The molecule has 0 unspecified atom stereocenters. The van der Waals surface area contributed by atoms with Crippen LogP contribution in [0.2, 0.25) is 0 Å². The number of nitrogens with one attached hydrogen (secondary N) is 1. The molecule has 0 radical (unpaired) electrons. The molecule has 2 amide bonds. The lowest BCUT2D eigenvalue weighted by atomic mass is 10.1. The molecular formula is C24H22N2O4. The molecule has 0 saturated heterocycles. The molecule has 1 heterocycles. The van der Waals surface area contributed by atoms with Crippen LogP contribution in [0, 0.1) is 0 Å². The molecular weight excluding hydrogens is 380 g/mol. The molecule has 6 nitrogen and oxygen atoms in total. The first-order chi connectivity index (χ1) is 14.7. The number of hydrogen-bond donors (Lipinski definition) is 1. The van der Waals surface area contributed by atoms with E-state index < -0.39 is 0 Å². The van der Waals surface area contributed by atoms with Gasteiger partial charge in [-0.15, -0.1) is 0 Å². The monoisotopic (exact) mass is 402 g/mol. The molecule has 30 heavy (non-hydrogen) atoms. The molecule has 1 aliphatic rings. The van der Waals surface area contributed by atoms with Gasteiger partial charge in [-0.25, -0.2) is 0 Å². The average Bonchev–Trinajstić information content (AvgIpc) is 2.80. The van der Waals surface area contributed by atoms with E-state index in [9.17, 15) is 9.59 Å². The fourth-order valence-corrected chi connectivity index (χ4v) is 3.41. The summed E-state index contributed by atoms with van der Waals surface area (Å²) in [6.07, 6.45) is 0.